The number of rotatable bonds is 1. The topological polar surface area (TPSA) is 52.3 Å². The lowest BCUT2D eigenvalue weighted by atomic mass is 9.53. The molecule has 0 amide bonds. The first-order chi connectivity index (χ1) is 8.04. The van der Waals surface area contributed by atoms with E-state index >= 15 is 0 Å². The van der Waals surface area contributed by atoms with Crippen molar-refractivity contribution in [3.05, 3.63) is 12.7 Å². The molecule has 96 valence electrons. The van der Waals surface area contributed by atoms with E-state index in [9.17, 15) is 4.79 Å². The number of esters is 1. The summed E-state index contributed by atoms with van der Waals surface area (Å²) in [6.07, 6.45) is 9.68. The van der Waals surface area contributed by atoms with Crippen molar-refractivity contribution in [3.8, 4) is 0 Å². The second-order valence-corrected chi connectivity index (χ2v) is 6.01. The molecule has 17 heavy (non-hydrogen) atoms. The number of methoxy groups -OCH3 is 1. The first-order valence-electron chi connectivity index (χ1n) is 6.54. The van der Waals surface area contributed by atoms with Gasteiger partial charge in [0, 0.05) is 11.6 Å². The maximum absolute atomic E-state index is 9.84. The van der Waals surface area contributed by atoms with Crippen LogP contribution >= 0.6 is 0 Å². The van der Waals surface area contributed by atoms with E-state index in [-0.39, 0.29) is 0 Å². The smallest absolute Gasteiger partial charge is 0.329 e. The molecule has 0 atom stereocenters. The molecule has 0 aromatic rings. The summed E-state index contributed by atoms with van der Waals surface area (Å²) >= 11 is 0. The van der Waals surface area contributed by atoms with Crippen LogP contribution in [-0.4, -0.2) is 18.6 Å². The molecule has 0 aromatic carbocycles. The molecule has 0 aromatic heterocycles. The molecule has 4 saturated carbocycles. The molecule has 4 rings (SSSR count). The van der Waals surface area contributed by atoms with Gasteiger partial charge in [0.15, 0.2) is 0 Å². The Labute approximate surface area is 103 Å². The third kappa shape index (κ3) is 2.89. The molecule has 0 heterocycles. The molecule has 0 saturated heterocycles. The van der Waals surface area contributed by atoms with Crippen LogP contribution in [0.3, 0.4) is 0 Å². The highest BCUT2D eigenvalue weighted by molar-refractivity contribution is 5.80. The van der Waals surface area contributed by atoms with Gasteiger partial charge in [-0.15, -0.1) is 0 Å². The Hall–Kier alpha value is -0.830. The third-order valence-corrected chi connectivity index (χ3v) is 4.45. The highest BCUT2D eigenvalue weighted by Gasteiger charge is 2.48. The Morgan fingerprint density at radius 2 is 1.65 bits per heavy atom. The number of nitrogens with two attached hydrogens (primary N) is 1. The van der Waals surface area contributed by atoms with Crippen molar-refractivity contribution < 1.29 is 9.53 Å². The fourth-order valence-electron chi connectivity index (χ4n) is 4.26. The Morgan fingerprint density at radius 3 is 1.82 bits per heavy atom. The quantitative estimate of drug-likeness (QED) is 0.562. The van der Waals surface area contributed by atoms with Crippen molar-refractivity contribution in [1.29, 1.82) is 0 Å². The van der Waals surface area contributed by atoms with Gasteiger partial charge in [-0.1, -0.05) is 6.58 Å². The summed E-state index contributed by atoms with van der Waals surface area (Å²) in [4.78, 5) is 9.84. The molecular weight excluding hydrogens is 214 g/mol. The summed E-state index contributed by atoms with van der Waals surface area (Å²) in [6.45, 7) is 3.16. The minimum Gasteiger partial charge on any atom is -0.466 e. The van der Waals surface area contributed by atoms with E-state index in [0.29, 0.717) is 5.54 Å². The van der Waals surface area contributed by atoms with Crippen LogP contribution < -0.4 is 5.73 Å². The lowest BCUT2D eigenvalue weighted by Crippen LogP contribution is -2.55. The average molecular weight is 237 g/mol. The normalized spacial score (nSPS) is 41.4. The van der Waals surface area contributed by atoms with Gasteiger partial charge in [-0.2, -0.15) is 0 Å². The van der Waals surface area contributed by atoms with E-state index in [4.69, 9.17) is 5.73 Å². The van der Waals surface area contributed by atoms with Crippen molar-refractivity contribution in [3.63, 3.8) is 0 Å². The van der Waals surface area contributed by atoms with E-state index < -0.39 is 5.97 Å². The van der Waals surface area contributed by atoms with E-state index in [1.54, 1.807) is 0 Å². The molecule has 4 aliphatic rings. The lowest BCUT2D eigenvalue weighted by molar-refractivity contribution is -0.134. The summed E-state index contributed by atoms with van der Waals surface area (Å²) < 4.78 is 4.14. The second-order valence-electron chi connectivity index (χ2n) is 6.01. The van der Waals surface area contributed by atoms with Crippen LogP contribution in [0.4, 0.5) is 0 Å². The SMILES string of the molecule is C=CC(=O)OC.NC12CC3CC(CC(C3)C1)C2. The van der Waals surface area contributed by atoms with Crippen LogP contribution in [0, 0.1) is 17.8 Å². The lowest BCUT2D eigenvalue weighted by Gasteiger charge is -2.55. The third-order valence-electron chi connectivity index (χ3n) is 4.45. The molecular formula is C14H23NO2. The standard InChI is InChI=1S/C10H17N.C4H6O2/c11-10-4-7-1-8(5-10)3-9(2-7)6-10;1-3-4(5)6-2/h7-9H,1-6,11H2;3H,1H2,2H3. The summed E-state index contributed by atoms with van der Waals surface area (Å²) in [5.41, 5.74) is 6.62. The van der Waals surface area contributed by atoms with Crippen molar-refractivity contribution >= 4 is 5.97 Å². The van der Waals surface area contributed by atoms with Crippen LogP contribution in [0.1, 0.15) is 38.5 Å². The van der Waals surface area contributed by atoms with E-state index in [1.807, 2.05) is 0 Å². The van der Waals surface area contributed by atoms with Crippen LogP contribution in [0.25, 0.3) is 0 Å². The number of hydrogen-bond donors (Lipinski definition) is 1. The maximum Gasteiger partial charge on any atom is 0.329 e. The fraction of sp³-hybridized carbons (Fsp3) is 0.786. The van der Waals surface area contributed by atoms with Gasteiger partial charge in [0.05, 0.1) is 7.11 Å². The van der Waals surface area contributed by atoms with Crippen LogP contribution in [0.15, 0.2) is 12.7 Å². The fourth-order valence-corrected chi connectivity index (χ4v) is 4.26. The molecule has 0 radical (unpaired) electrons. The maximum atomic E-state index is 9.84. The largest absolute Gasteiger partial charge is 0.466 e. The Kier molecular flexibility index (Phi) is 3.57. The van der Waals surface area contributed by atoms with Gasteiger partial charge in [-0.3, -0.25) is 0 Å². The predicted octanol–water partition coefficient (Wildman–Crippen LogP) is 2.26. The Morgan fingerprint density at radius 1 is 1.24 bits per heavy atom. The Bertz CT molecular complexity index is 276. The summed E-state index contributed by atoms with van der Waals surface area (Å²) in [5, 5.41) is 0. The summed E-state index contributed by atoms with van der Waals surface area (Å²) in [7, 11) is 1.31. The number of carbonyl (C=O) groups excluding carboxylic acids is 1. The number of ether oxygens (including phenoxy) is 1. The highest BCUT2D eigenvalue weighted by Crippen LogP contribution is 2.54. The van der Waals surface area contributed by atoms with Crippen LogP contribution in [0.5, 0.6) is 0 Å². The first kappa shape index (κ1) is 12.6. The minimum atomic E-state index is -0.394. The predicted molar refractivity (Wildman–Crippen MR) is 67.3 cm³/mol. The monoisotopic (exact) mass is 237 g/mol. The van der Waals surface area contributed by atoms with E-state index in [0.717, 1.165) is 23.8 Å². The van der Waals surface area contributed by atoms with Gasteiger partial charge in [-0.05, 0) is 56.3 Å². The van der Waals surface area contributed by atoms with Crippen LogP contribution in [0.2, 0.25) is 0 Å². The van der Waals surface area contributed by atoms with E-state index in [2.05, 4.69) is 11.3 Å². The molecule has 3 heteroatoms. The molecule has 0 unspecified atom stereocenters. The van der Waals surface area contributed by atoms with Gasteiger partial charge in [0.25, 0.3) is 0 Å². The van der Waals surface area contributed by atoms with E-state index in [1.165, 1.54) is 45.6 Å². The molecule has 4 bridgehead atoms. The zero-order chi connectivity index (χ0) is 12.5. The second kappa shape index (κ2) is 4.81. The van der Waals surface area contributed by atoms with Crippen molar-refractivity contribution in [2.24, 2.45) is 23.5 Å². The number of carbonyl (C=O) groups is 1. The van der Waals surface area contributed by atoms with Gasteiger partial charge in [0.2, 0.25) is 0 Å². The molecule has 0 aliphatic heterocycles. The van der Waals surface area contributed by atoms with Gasteiger partial charge in [0.1, 0.15) is 0 Å². The molecule has 2 N–H and O–H groups in total. The van der Waals surface area contributed by atoms with Gasteiger partial charge >= 0.3 is 5.97 Å². The number of hydrogen-bond acceptors (Lipinski definition) is 3. The zero-order valence-electron chi connectivity index (χ0n) is 10.7. The summed E-state index contributed by atoms with van der Waals surface area (Å²) in [5.74, 6) is 2.67. The molecule has 4 fully saturated rings. The summed E-state index contributed by atoms with van der Waals surface area (Å²) in [6, 6.07) is 0. The molecule has 3 nitrogen and oxygen atoms in total. The zero-order valence-corrected chi connectivity index (χ0v) is 10.7. The van der Waals surface area contributed by atoms with Crippen molar-refractivity contribution in [2.45, 2.75) is 44.1 Å². The average Bonchev–Trinajstić information content (AvgIpc) is 2.25. The minimum absolute atomic E-state index is 0.300. The first-order valence-corrected chi connectivity index (χ1v) is 6.54. The molecule has 4 aliphatic carbocycles. The molecule has 0 spiro atoms. The van der Waals surface area contributed by atoms with Crippen LogP contribution in [-0.2, 0) is 9.53 Å². The van der Waals surface area contributed by atoms with Crippen molar-refractivity contribution in [2.75, 3.05) is 7.11 Å². The van der Waals surface area contributed by atoms with Gasteiger partial charge in [-0.25, -0.2) is 4.79 Å². The van der Waals surface area contributed by atoms with Crippen molar-refractivity contribution in [1.82, 2.24) is 0 Å². The Balaban J connectivity index is 0.000000157. The highest BCUT2D eigenvalue weighted by atomic mass is 16.5. The van der Waals surface area contributed by atoms with Gasteiger partial charge < -0.3 is 10.5 Å².